The van der Waals surface area contributed by atoms with Crippen molar-refractivity contribution in [3.05, 3.63) is 35.4 Å². The van der Waals surface area contributed by atoms with E-state index in [1.165, 1.54) is 12.1 Å². The molecule has 8 nitrogen and oxygen atoms in total. The van der Waals surface area contributed by atoms with Crippen LogP contribution in [-0.4, -0.2) is 46.4 Å². The molecule has 1 aliphatic heterocycles. The molecule has 1 fully saturated rings. The summed E-state index contributed by atoms with van der Waals surface area (Å²) >= 11 is 0. The first kappa shape index (κ1) is 17.5. The van der Waals surface area contributed by atoms with E-state index in [9.17, 15) is 19.2 Å². The van der Waals surface area contributed by atoms with Crippen molar-refractivity contribution in [1.29, 1.82) is 0 Å². The number of carboxylic acids is 1. The van der Waals surface area contributed by atoms with E-state index in [1.807, 2.05) is 0 Å². The van der Waals surface area contributed by atoms with Crippen LogP contribution in [-0.2, 0) is 16.1 Å². The highest BCUT2D eigenvalue weighted by molar-refractivity contribution is 6.02. The summed E-state index contributed by atoms with van der Waals surface area (Å²) in [6.45, 7) is 3.53. The van der Waals surface area contributed by atoms with Crippen LogP contribution in [0.4, 0.5) is 4.79 Å². The van der Waals surface area contributed by atoms with Crippen LogP contribution in [0.5, 0.6) is 0 Å². The second-order valence-corrected chi connectivity index (χ2v) is 5.87. The van der Waals surface area contributed by atoms with Gasteiger partial charge in [-0.2, -0.15) is 0 Å². The van der Waals surface area contributed by atoms with Crippen molar-refractivity contribution in [3.63, 3.8) is 0 Å². The standard InChI is InChI=1S/C16H19N3O5/c1-9(2)13(15(22)23)18-14(21)11-5-3-10(4-6-11)8-19-12(20)7-17-16(19)24/h3-6,9,13H,7-8H2,1-2H3,(H,17,24)(H,18,21)(H,22,23)/t13-/m1/s1. The fourth-order valence-corrected chi connectivity index (χ4v) is 2.30. The number of carboxylic acid groups (broad SMARTS) is 1. The molecule has 1 aromatic carbocycles. The quantitative estimate of drug-likeness (QED) is 0.659. The molecule has 8 heteroatoms. The first-order valence-electron chi connectivity index (χ1n) is 7.50. The number of aliphatic carboxylic acids is 1. The molecule has 1 aliphatic rings. The van der Waals surface area contributed by atoms with Crippen LogP contribution >= 0.6 is 0 Å². The number of imide groups is 1. The SMILES string of the molecule is CC(C)[C@@H](NC(=O)c1ccc(CN2C(=O)CNC2=O)cc1)C(=O)O. The molecule has 4 amide bonds. The molecule has 0 aliphatic carbocycles. The smallest absolute Gasteiger partial charge is 0.326 e. The topological polar surface area (TPSA) is 116 Å². The van der Waals surface area contributed by atoms with Crippen LogP contribution in [0.1, 0.15) is 29.8 Å². The van der Waals surface area contributed by atoms with Crippen LogP contribution in [0.25, 0.3) is 0 Å². The molecule has 0 aromatic heterocycles. The van der Waals surface area contributed by atoms with Gasteiger partial charge in [0.2, 0.25) is 5.91 Å². The highest BCUT2D eigenvalue weighted by atomic mass is 16.4. The second-order valence-electron chi connectivity index (χ2n) is 5.87. The molecular formula is C16H19N3O5. The number of hydrogen-bond acceptors (Lipinski definition) is 4. The van der Waals surface area contributed by atoms with Gasteiger partial charge in [-0.25, -0.2) is 9.59 Å². The number of amides is 4. The van der Waals surface area contributed by atoms with Gasteiger partial charge in [-0.1, -0.05) is 26.0 Å². The summed E-state index contributed by atoms with van der Waals surface area (Å²) in [5.74, 6) is -2.13. The van der Waals surface area contributed by atoms with E-state index in [0.29, 0.717) is 11.1 Å². The summed E-state index contributed by atoms with van der Waals surface area (Å²) in [6.07, 6.45) is 0. The Morgan fingerprint density at radius 1 is 1.25 bits per heavy atom. The van der Waals surface area contributed by atoms with Crippen LogP contribution in [0, 0.1) is 5.92 Å². The fourth-order valence-electron chi connectivity index (χ4n) is 2.30. The number of carbonyl (C=O) groups is 4. The maximum atomic E-state index is 12.1. The lowest BCUT2D eigenvalue weighted by Crippen LogP contribution is -2.44. The molecule has 128 valence electrons. The van der Waals surface area contributed by atoms with Gasteiger partial charge >= 0.3 is 12.0 Å². The van der Waals surface area contributed by atoms with E-state index in [0.717, 1.165) is 4.90 Å². The third-order valence-electron chi connectivity index (χ3n) is 3.71. The van der Waals surface area contributed by atoms with Gasteiger partial charge in [0.1, 0.15) is 6.04 Å². The predicted molar refractivity (Wildman–Crippen MR) is 84.1 cm³/mol. The lowest BCUT2D eigenvalue weighted by atomic mass is 10.0. The van der Waals surface area contributed by atoms with Gasteiger partial charge in [-0.3, -0.25) is 14.5 Å². The van der Waals surface area contributed by atoms with Gasteiger partial charge in [0.05, 0.1) is 13.1 Å². The van der Waals surface area contributed by atoms with Gasteiger partial charge in [0, 0.05) is 5.56 Å². The van der Waals surface area contributed by atoms with Crippen LogP contribution in [0.3, 0.4) is 0 Å². The maximum Gasteiger partial charge on any atom is 0.326 e. The Kier molecular flexibility index (Phi) is 5.18. The second kappa shape index (κ2) is 7.12. The van der Waals surface area contributed by atoms with Crippen LogP contribution in [0.15, 0.2) is 24.3 Å². The zero-order valence-corrected chi connectivity index (χ0v) is 13.4. The average Bonchev–Trinajstić information content (AvgIpc) is 2.84. The van der Waals surface area contributed by atoms with E-state index in [4.69, 9.17) is 5.11 Å². The number of nitrogens with one attached hydrogen (secondary N) is 2. The minimum atomic E-state index is -1.09. The van der Waals surface area contributed by atoms with Gasteiger partial charge in [0.15, 0.2) is 0 Å². The molecule has 24 heavy (non-hydrogen) atoms. The average molecular weight is 333 g/mol. The predicted octanol–water partition coefficient (Wildman–Crippen LogP) is 0.577. The lowest BCUT2D eigenvalue weighted by Gasteiger charge is -2.18. The normalized spacial score (nSPS) is 15.4. The molecule has 0 radical (unpaired) electrons. The van der Waals surface area contributed by atoms with Crippen molar-refractivity contribution in [2.45, 2.75) is 26.4 Å². The fraction of sp³-hybridized carbons (Fsp3) is 0.375. The molecule has 3 N–H and O–H groups in total. The third-order valence-corrected chi connectivity index (χ3v) is 3.71. The van der Waals surface area contributed by atoms with Crippen LogP contribution in [0.2, 0.25) is 0 Å². The minimum absolute atomic E-state index is 0.00883. The molecule has 0 unspecified atom stereocenters. The first-order valence-corrected chi connectivity index (χ1v) is 7.50. The van der Waals surface area contributed by atoms with E-state index in [-0.39, 0.29) is 24.9 Å². The zero-order chi connectivity index (χ0) is 17.9. The molecular weight excluding hydrogens is 314 g/mol. The Hall–Kier alpha value is -2.90. The number of benzene rings is 1. The first-order chi connectivity index (χ1) is 11.3. The van der Waals surface area contributed by atoms with Crippen molar-refractivity contribution in [2.75, 3.05) is 6.54 Å². The van der Waals surface area contributed by atoms with Crippen LogP contribution < -0.4 is 10.6 Å². The number of carbonyl (C=O) groups excluding carboxylic acids is 3. The monoisotopic (exact) mass is 333 g/mol. The zero-order valence-electron chi connectivity index (χ0n) is 13.4. The summed E-state index contributed by atoms with van der Waals surface area (Å²) < 4.78 is 0. The van der Waals surface area contributed by atoms with E-state index < -0.39 is 23.9 Å². The summed E-state index contributed by atoms with van der Waals surface area (Å²) in [6, 6.07) is 4.90. The Bertz CT molecular complexity index is 653. The largest absolute Gasteiger partial charge is 0.480 e. The number of rotatable bonds is 6. The van der Waals surface area contributed by atoms with E-state index in [2.05, 4.69) is 10.6 Å². The molecule has 1 heterocycles. The van der Waals surface area contributed by atoms with Gasteiger partial charge in [0.25, 0.3) is 5.91 Å². The molecule has 1 aromatic rings. The molecule has 0 saturated carbocycles. The maximum absolute atomic E-state index is 12.1. The Balaban J connectivity index is 2.03. The van der Waals surface area contributed by atoms with Gasteiger partial charge < -0.3 is 15.7 Å². The molecule has 1 saturated heterocycles. The summed E-state index contributed by atoms with van der Waals surface area (Å²) in [7, 11) is 0. The van der Waals surface area contributed by atoms with Crippen molar-refractivity contribution in [3.8, 4) is 0 Å². The van der Waals surface area contributed by atoms with Gasteiger partial charge in [-0.05, 0) is 23.6 Å². The van der Waals surface area contributed by atoms with E-state index in [1.54, 1.807) is 26.0 Å². The number of nitrogens with zero attached hydrogens (tertiary/aromatic N) is 1. The molecule has 0 spiro atoms. The Morgan fingerprint density at radius 3 is 2.33 bits per heavy atom. The Morgan fingerprint density at radius 2 is 1.88 bits per heavy atom. The summed E-state index contributed by atoms with van der Waals surface area (Å²) in [5, 5.41) is 14.0. The van der Waals surface area contributed by atoms with Crippen molar-refractivity contribution in [2.24, 2.45) is 5.92 Å². The third kappa shape index (κ3) is 3.89. The Labute approximate surface area is 138 Å². The van der Waals surface area contributed by atoms with E-state index >= 15 is 0 Å². The molecule has 0 bridgehead atoms. The van der Waals surface area contributed by atoms with Crippen molar-refractivity contribution < 1.29 is 24.3 Å². The van der Waals surface area contributed by atoms with Crippen molar-refractivity contribution in [1.82, 2.24) is 15.5 Å². The summed E-state index contributed by atoms with van der Waals surface area (Å²) in [5.41, 5.74) is 0.999. The minimum Gasteiger partial charge on any atom is -0.480 e. The highest BCUT2D eigenvalue weighted by Gasteiger charge is 2.28. The number of hydrogen-bond donors (Lipinski definition) is 3. The number of urea groups is 1. The van der Waals surface area contributed by atoms with Gasteiger partial charge in [-0.15, -0.1) is 0 Å². The summed E-state index contributed by atoms with van der Waals surface area (Å²) in [4.78, 5) is 47.4. The molecule has 2 rings (SSSR count). The lowest BCUT2D eigenvalue weighted by molar-refractivity contribution is -0.140. The van der Waals surface area contributed by atoms with Crippen molar-refractivity contribution >= 4 is 23.8 Å². The molecule has 1 atom stereocenters. The highest BCUT2D eigenvalue weighted by Crippen LogP contribution is 2.11.